The van der Waals surface area contributed by atoms with Crippen molar-refractivity contribution in [1.29, 1.82) is 0 Å². The number of hydrogen-bond acceptors (Lipinski definition) is 7. The molecule has 2 saturated heterocycles. The van der Waals surface area contributed by atoms with Gasteiger partial charge in [0.2, 0.25) is 0 Å². The van der Waals surface area contributed by atoms with Gasteiger partial charge in [-0.05, 0) is 13.3 Å². The average molecular weight is 362 g/mol. The van der Waals surface area contributed by atoms with Crippen LogP contribution in [0.5, 0.6) is 0 Å². The van der Waals surface area contributed by atoms with Gasteiger partial charge in [-0.1, -0.05) is 0 Å². The van der Waals surface area contributed by atoms with E-state index in [9.17, 15) is 4.79 Å². The number of nitrogens with zero attached hydrogens (tertiary/aromatic N) is 4. The SMILES string of the molecule is Cc1nc(CO[C@@H]2CSC3(C2)CN(C(=O)c2cnccn2)C3)cs1. The lowest BCUT2D eigenvalue weighted by atomic mass is 9.92. The van der Waals surface area contributed by atoms with Gasteiger partial charge in [-0.3, -0.25) is 9.78 Å². The van der Waals surface area contributed by atoms with Gasteiger partial charge in [0.15, 0.2) is 0 Å². The molecule has 0 saturated carbocycles. The third-order valence-corrected chi connectivity index (χ3v) is 6.73. The van der Waals surface area contributed by atoms with Crippen LogP contribution in [0.25, 0.3) is 0 Å². The Balaban J connectivity index is 1.28. The second kappa shape index (κ2) is 6.42. The number of thiazole rings is 1. The maximum Gasteiger partial charge on any atom is 0.274 e. The van der Waals surface area contributed by atoms with E-state index in [4.69, 9.17) is 4.74 Å². The minimum atomic E-state index is -0.0309. The number of rotatable bonds is 4. The normalized spacial score (nSPS) is 21.9. The van der Waals surface area contributed by atoms with Crippen molar-refractivity contribution in [1.82, 2.24) is 19.9 Å². The molecule has 4 heterocycles. The molecule has 0 N–H and O–H groups in total. The Morgan fingerprint density at radius 2 is 2.33 bits per heavy atom. The molecule has 2 aromatic rings. The van der Waals surface area contributed by atoms with Gasteiger partial charge in [0.25, 0.3) is 5.91 Å². The largest absolute Gasteiger partial charge is 0.371 e. The fourth-order valence-corrected chi connectivity index (χ4v) is 5.32. The van der Waals surface area contributed by atoms with Gasteiger partial charge in [0.1, 0.15) is 5.69 Å². The van der Waals surface area contributed by atoms with Crippen molar-refractivity contribution >= 4 is 29.0 Å². The average Bonchev–Trinajstić information content (AvgIpc) is 3.18. The van der Waals surface area contributed by atoms with Gasteiger partial charge in [0, 0.05) is 36.6 Å². The van der Waals surface area contributed by atoms with E-state index < -0.39 is 0 Å². The molecule has 0 radical (unpaired) electrons. The molecular weight excluding hydrogens is 344 g/mol. The first-order chi connectivity index (χ1) is 11.6. The zero-order valence-corrected chi connectivity index (χ0v) is 15.0. The molecule has 126 valence electrons. The Hall–Kier alpha value is -1.51. The molecule has 1 spiro atoms. The van der Waals surface area contributed by atoms with Crippen molar-refractivity contribution < 1.29 is 9.53 Å². The Morgan fingerprint density at radius 3 is 3.04 bits per heavy atom. The summed E-state index contributed by atoms with van der Waals surface area (Å²) in [5, 5.41) is 3.13. The van der Waals surface area contributed by atoms with Crippen LogP contribution in [0.1, 0.15) is 27.6 Å². The van der Waals surface area contributed by atoms with Crippen LogP contribution in [0.4, 0.5) is 0 Å². The molecule has 1 atom stereocenters. The highest BCUT2D eigenvalue weighted by atomic mass is 32.2. The van der Waals surface area contributed by atoms with Crippen LogP contribution in [0, 0.1) is 6.92 Å². The minimum Gasteiger partial charge on any atom is -0.371 e. The highest BCUT2D eigenvalue weighted by Gasteiger charge is 2.51. The molecule has 24 heavy (non-hydrogen) atoms. The van der Waals surface area contributed by atoms with E-state index in [0.29, 0.717) is 12.3 Å². The second-order valence-electron chi connectivity index (χ2n) is 6.24. The highest BCUT2D eigenvalue weighted by molar-refractivity contribution is 8.01. The maximum atomic E-state index is 12.3. The van der Waals surface area contributed by atoms with E-state index in [0.717, 1.165) is 36.0 Å². The van der Waals surface area contributed by atoms with Crippen LogP contribution in [-0.4, -0.2) is 55.5 Å². The van der Waals surface area contributed by atoms with Crippen LogP contribution in [0.3, 0.4) is 0 Å². The zero-order chi connectivity index (χ0) is 16.6. The molecule has 2 aliphatic rings. The van der Waals surface area contributed by atoms with Crippen molar-refractivity contribution in [3.05, 3.63) is 40.4 Å². The minimum absolute atomic E-state index is 0.0309. The number of carbonyl (C=O) groups is 1. The topological polar surface area (TPSA) is 68.2 Å². The Kier molecular flexibility index (Phi) is 4.28. The van der Waals surface area contributed by atoms with Crippen molar-refractivity contribution in [3.8, 4) is 0 Å². The number of hydrogen-bond donors (Lipinski definition) is 0. The predicted octanol–water partition coefficient (Wildman–Crippen LogP) is 2.16. The number of carbonyl (C=O) groups excluding carboxylic acids is 1. The van der Waals surface area contributed by atoms with E-state index in [1.807, 2.05) is 23.6 Å². The van der Waals surface area contributed by atoms with E-state index in [-0.39, 0.29) is 16.8 Å². The standard InChI is InChI=1S/C16H18N4O2S2/c1-11-19-12(7-23-11)6-22-13-4-16(24-8-13)9-20(10-16)15(21)14-5-17-2-3-18-14/h2-3,5,7,13H,4,6,8-10H2,1H3/t13-/m0/s1. The van der Waals surface area contributed by atoms with Crippen molar-refractivity contribution in [3.63, 3.8) is 0 Å². The number of ether oxygens (including phenoxy) is 1. The van der Waals surface area contributed by atoms with Gasteiger partial charge in [-0.15, -0.1) is 23.1 Å². The first-order valence-corrected chi connectivity index (χ1v) is 9.72. The van der Waals surface area contributed by atoms with Gasteiger partial charge in [-0.2, -0.15) is 0 Å². The summed E-state index contributed by atoms with van der Waals surface area (Å²) in [5.74, 6) is 0.952. The van der Waals surface area contributed by atoms with Crippen molar-refractivity contribution in [2.24, 2.45) is 0 Å². The summed E-state index contributed by atoms with van der Waals surface area (Å²) in [7, 11) is 0. The fraction of sp³-hybridized carbons (Fsp3) is 0.500. The van der Waals surface area contributed by atoms with Crippen molar-refractivity contribution in [2.45, 2.75) is 30.8 Å². The van der Waals surface area contributed by atoms with Gasteiger partial charge in [-0.25, -0.2) is 9.97 Å². The molecule has 8 heteroatoms. The first kappa shape index (κ1) is 16.0. The summed E-state index contributed by atoms with van der Waals surface area (Å²) in [4.78, 5) is 26.7. The lowest BCUT2D eigenvalue weighted by Crippen LogP contribution is -2.60. The zero-order valence-electron chi connectivity index (χ0n) is 13.3. The second-order valence-corrected chi connectivity index (χ2v) is 8.79. The number of likely N-dealkylation sites (tertiary alicyclic amines) is 1. The molecule has 1 amide bonds. The summed E-state index contributed by atoms with van der Waals surface area (Å²) >= 11 is 3.58. The molecule has 0 unspecified atom stereocenters. The first-order valence-electron chi connectivity index (χ1n) is 7.85. The third kappa shape index (κ3) is 3.18. The van der Waals surface area contributed by atoms with Crippen LogP contribution < -0.4 is 0 Å². The number of amides is 1. The smallest absolute Gasteiger partial charge is 0.274 e. The molecule has 2 aromatic heterocycles. The van der Waals surface area contributed by atoms with Crippen LogP contribution in [0.2, 0.25) is 0 Å². The summed E-state index contributed by atoms with van der Waals surface area (Å²) in [6.45, 7) is 4.12. The highest BCUT2D eigenvalue weighted by Crippen LogP contribution is 2.46. The number of thioether (sulfide) groups is 1. The molecular formula is C16H18N4O2S2. The summed E-state index contributed by atoms with van der Waals surface area (Å²) in [6.07, 6.45) is 5.89. The molecule has 0 bridgehead atoms. The number of aromatic nitrogens is 3. The Morgan fingerprint density at radius 1 is 1.46 bits per heavy atom. The van der Waals surface area contributed by atoms with E-state index >= 15 is 0 Å². The molecule has 2 aliphatic heterocycles. The molecule has 0 aliphatic carbocycles. The Bertz CT molecular complexity index is 731. The van der Waals surface area contributed by atoms with Crippen LogP contribution in [-0.2, 0) is 11.3 Å². The predicted molar refractivity (Wildman–Crippen MR) is 93.2 cm³/mol. The molecule has 0 aromatic carbocycles. The summed E-state index contributed by atoms with van der Waals surface area (Å²) in [6, 6.07) is 0. The maximum absolute atomic E-state index is 12.3. The van der Waals surface area contributed by atoms with E-state index in [1.54, 1.807) is 23.7 Å². The van der Waals surface area contributed by atoms with Crippen LogP contribution in [0.15, 0.2) is 24.0 Å². The summed E-state index contributed by atoms with van der Waals surface area (Å²) < 4.78 is 6.16. The molecule has 6 nitrogen and oxygen atoms in total. The number of aryl methyl sites for hydroxylation is 1. The quantitative estimate of drug-likeness (QED) is 0.830. The fourth-order valence-electron chi connectivity index (χ4n) is 3.17. The molecule has 4 rings (SSSR count). The molecule has 2 fully saturated rings. The lowest BCUT2D eigenvalue weighted by molar-refractivity contribution is 0.0244. The Labute approximate surface area is 148 Å². The van der Waals surface area contributed by atoms with Gasteiger partial charge >= 0.3 is 0 Å². The van der Waals surface area contributed by atoms with Crippen molar-refractivity contribution in [2.75, 3.05) is 18.8 Å². The third-order valence-electron chi connectivity index (χ3n) is 4.34. The van der Waals surface area contributed by atoms with Gasteiger partial charge < -0.3 is 9.64 Å². The van der Waals surface area contributed by atoms with E-state index in [1.165, 1.54) is 6.20 Å². The lowest BCUT2D eigenvalue weighted by Gasteiger charge is -2.47. The van der Waals surface area contributed by atoms with Crippen LogP contribution >= 0.6 is 23.1 Å². The monoisotopic (exact) mass is 362 g/mol. The summed E-state index contributed by atoms with van der Waals surface area (Å²) in [5.41, 5.74) is 1.43. The van der Waals surface area contributed by atoms with E-state index in [2.05, 4.69) is 20.3 Å². The van der Waals surface area contributed by atoms with Gasteiger partial charge in [0.05, 0.1) is 34.4 Å².